The number of anilines is 1. The van der Waals surface area contributed by atoms with Crippen LogP contribution in [0.4, 0.5) is 10.1 Å². The number of amidine groups is 1. The second kappa shape index (κ2) is 8.08. The fraction of sp³-hybridized carbons (Fsp3) is 0.136. The standard InChI is InChI=1S/C22H18FN3O3S/c1-29-19(28)10-13-2-8-16(9-3-13)26-11-18(27)20(21(26)24)22-25-17(12-30-22)14-4-6-15(23)7-5-14/h2-9,12,24,27H,10-11H2,1H3. The number of aromatic nitrogens is 1. The number of benzene rings is 2. The van der Waals surface area contributed by atoms with E-state index in [0.29, 0.717) is 16.3 Å². The molecule has 4 rings (SSSR count). The van der Waals surface area contributed by atoms with Gasteiger partial charge in [0.1, 0.15) is 22.4 Å². The Morgan fingerprint density at radius 1 is 1.23 bits per heavy atom. The molecule has 152 valence electrons. The summed E-state index contributed by atoms with van der Waals surface area (Å²) in [5.41, 5.74) is 3.34. The molecule has 2 N–H and O–H groups in total. The van der Waals surface area contributed by atoms with Crippen molar-refractivity contribution < 1.29 is 19.0 Å². The van der Waals surface area contributed by atoms with Gasteiger partial charge in [-0.25, -0.2) is 9.37 Å². The van der Waals surface area contributed by atoms with Gasteiger partial charge in [0.15, 0.2) is 0 Å². The highest BCUT2D eigenvalue weighted by molar-refractivity contribution is 7.11. The normalized spacial score (nSPS) is 13.8. The molecule has 0 aliphatic carbocycles. The average molecular weight is 423 g/mol. The van der Waals surface area contributed by atoms with Crippen LogP contribution in [0.3, 0.4) is 0 Å². The number of halogens is 1. The Morgan fingerprint density at radius 2 is 1.93 bits per heavy atom. The van der Waals surface area contributed by atoms with E-state index in [1.165, 1.54) is 30.6 Å². The molecular formula is C22H18FN3O3S. The average Bonchev–Trinajstić information content (AvgIpc) is 3.33. The van der Waals surface area contributed by atoms with Crippen LogP contribution in [-0.2, 0) is 16.0 Å². The molecule has 0 saturated carbocycles. The predicted molar refractivity (Wildman–Crippen MR) is 114 cm³/mol. The number of methoxy groups -OCH3 is 1. The van der Waals surface area contributed by atoms with Crippen LogP contribution in [0.1, 0.15) is 10.6 Å². The minimum Gasteiger partial charge on any atom is -0.510 e. The van der Waals surface area contributed by atoms with Gasteiger partial charge < -0.3 is 14.7 Å². The SMILES string of the molecule is COC(=O)Cc1ccc(N2CC(O)=C(c3nc(-c4ccc(F)cc4)cs3)C2=N)cc1. The van der Waals surface area contributed by atoms with Gasteiger partial charge in [-0.1, -0.05) is 12.1 Å². The van der Waals surface area contributed by atoms with Gasteiger partial charge in [-0.2, -0.15) is 0 Å². The summed E-state index contributed by atoms with van der Waals surface area (Å²) in [6.07, 6.45) is 0.175. The molecule has 1 aliphatic rings. The lowest BCUT2D eigenvalue weighted by Crippen LogP contribution is -2.26. The quantitative estimate of drug-likeness (QED) is 0.593. The number of carbonyl (C=O) groups excluding carboxylic acids is 1. The fourth-order valence-corrected chi connectivity index (χ4v) is 4.09. The number of hydrogen-bond acceptors (Lipinski definition) is 6. The Morgan fingerprint density at radius 3 is 2.60 bits per heavy atom. The molecule has 0 saturated heterocycles. The summed E-state index contributed by atoms with van der Waals surface area (Å²) in [4.78, 5) is 17.6. The van der Waals surface area contributed by atoms with Crippen LogP contribution in [0.25, 0.3) is 16.8 Å². The summed E-state index contributed by atoms with van der Waals surface area (Å²) < 4.78 is 17.8. The first-order valence-electron chi connectivity index (χ1n) is 9.12. The van der Waals surface area contributed by atoms with Crippen molar-refractivity contribution in [3.05, 3.63) is 76.1 Å². The third kappa shape index (κ3) is 3.81. The summed E-state index contributed by atoms with van der Waals surface area (Å²) in [6.45, 7) is 0.163. The first kappa shape index (κ1) is 19.8. The van der Waals surface area contributed by atoms with Crippen LogP contribution in [0.2, 0.25) is 0 Å². The lowest BCUT2D eigenvalue weighted by molar-refractivity contribution is -0.139. The van der Waals surface area contributed by atoms with E-state index in [1.54, 1.807) is 41.3 Å². The van der Waals surface area contributed by atoms with E-state index in [1.807, 2.05) is 5.38 Å². The van der Waals surface area contributed by atoms with Crippen molar-refractivity contribution in [1.82, 2.24) is 4.98 Å². The van der Waals surface area contributed by atoms with Gasteiger partial charge in [0.05, 0.1) is 31.3 Å². The summed E-state index contributed by atoms with van der Waals surface area (Å²) in [5, 5.41) is 21.4. The second-order valence-corrected chi connectivity index (χ2v) is 7.58. The zero-order chi connectivity index (χ0) is 21.3. The molecule has 0 amide bonds. The molecule has 0 radical (unpaired) electrons. The first-order valence-corrected chi connectivity index (χ1v) is 10.0. The smallest absolute Gasteiger partial charge is 0.309 e. The maximum atomic E-state index is 13.2. The van der Waals surface area contributed by atoms with Gasteiger partial charge in [-0.15, -0.1) is 11.3 Å². The fourth-order valence-electron chi connectivity index (χ4n) is 3.20. The van der Waals surface area contributed by atoms with Crippen LogP contribution in [0.5, 0.6) is 0 Å². The zero-order valence-electron chi connectivity index (χ0n) is 16.1. The molecule has 3 aromatic rings. The number of ether oxygens (including phenoxy) is 1. The lowest BCUT2D eigenvalue weighted by Gasteiger charge is -2.18. The van der Waals surface area contributed by atoms with E-state index in [9.17, 15) is 14.3 Å². The molecule has 6 nitrogen and oxygen atoms in total. The highest BCUT2D eigenvalue weighted by atomic mass is 32.1. The van der Waals surface area contributed by atoms with Gasteiger partial charge in [0.2, 0.25) is 0 Å². The van der Waals surface area contributed by atoms with Crippen LogP contribution >= 0.6 is 11.3 Å². The predicted octanol–water partition coefficient (Wildman–Crippen LogP) is 4.43. The molecule has 0 fully saturated rings. The molecule has 8 heteroatoms. The van der Waals surface area contributed by atoms with Gasteiger partial charge in [-0.05, 0) is 42.0 Å². The Balaban J connectivity index is 1.54. The Labute approximate surface area is 176 Å². The van der Waals surface area contributed by atoms with Crippen LogP contribution < -0.4 is 4.90 Å². The highest BCUT2D eigenvalue weighted by Gasteiger charge is 2.31. The van der Waals surface area contributed by atoms with Crippen molar-refractivity contribution in [2.24, 2.45) is 0 Å². The second-order valence-electron chi connectivity index (χ2n) is 6.72. The molecule has 0 atom stereocenters. The first-order chi connectivity index (χ1) is 14.5. The number of rotatable bonds is 5. The zero-order valence-corrected chi connectivity index (χ0v) is 16.9. The minimum absolute atomic E-state index is 0.0682. The van der Waals surface area contributed by atoms with Crippen molar-refractivity contribution in [1.29, 1.82) is 5.41 Å². The molecule has 0 bridgehead atoms. The van der Waals surface area contributed by atoms with Gasteiger partial charge in [0, 0.05) is 16.6 Å². The molecular weight excluding hydrogens is 405 g/mol. The van der Waals surface area contributed by atoms with E-state index in [2.05, 4.69) is 9.72 Å². The van der Waals surface area contributed by atoms with Crippen molar-refractivity contribution in [2.75, 3.05) is 18.6 Å². The van der Waals surface area contributed by atoms with E-state index in [-0.39, 0.29) is 36.3 Å². The Kier molecular flexibility index (Phi) is 5.33. The van der Waals surface area contributed by atoms with E-state index >= 15 is 0 Å². The van der Waals surface area contributed by atoms with Crippen LogP contribution in [-0.4, -0.2) is 35.5 Å². The molecule has 0 unspecified atom stereocenters. The van der Waals surface area contributed by atoms with E-state index in [0.717, 1.165) is 16.8 Å². The molecule has 2 aromatic carbocycles. The van der Waals surface area contributed by atoms with Crippen molar-refractivity contribution in [3.63, 3.8) is 0 Å². The Hall–Kier alpha value is -3.52. The maximum absolute atomic E-state index is 13.2. The van der Waals surface area contributed by atoms with Gasteiger partial charge in [0.25, 0.3) is 0 Å². The largest absolute Gasteiger partial charge is 0.510 e. The van der Waals surface area contributed by atoms with Gasteiger partial charge >= 0.3 is 5.97 Å². The molecule has 0 spiro atoms. The lowest BCUT2D eigenvalue weighted by atomic mass is 10.1. The Bertz CT molecular complexity index is 1140. The van der Waals surface area contributed by atoms with Crippen LogP contribution in [0, 0.1) is 11.2 Å². The number of hydrogen-bond donors (Lipinski definition) is 2. The number of nitrogens with zero attached hydrogens (tertiary/aromatic N) is 2. The molecule has 1 aliphatic heterocycles. The molecule has 30 heavy (non-hydrogen) atoms. The van der Waals surface area contributed by atoms with Gasteiger partial charge in [-0.3, -0.25) is 10.2 Å². The summed E-state index contributed by atoms with van der Waals surface area (Å²) in [5.74, 6) is -0.425. The van der Waals surface area contributed by atoms with E-state index in [4.69, 9.17) is 5.41 Å². The number of nitrogens with one attached hydrogen (secondary N) is 1. The third-order valence-electron chi connectivity index (χ3n) is 4.79. The third-order valence-corrected chi connectivity index (χ3v) is 5.65. The number of aliphatic hydroxyl groups excluding tert-OH is 1. The molecule has 2 heterocycles. The minimum atomic E-state index is -0.320. The number of aliphatic hydroxyl groups is 1. The van der Waals surface area contributed by atoms with Crippen molar-refractivity contribution >= 4 is 34.4 Å². The number of carbonyl (C=O) groups is 1. The van der Waals surface area contributed by atoms with Crippen LogP contribution in [0.15, 0.2) is 59.7 Å². The summed E-state index contributed by atoms with van der Waals surface area (Å²) >= 11 is 1.32. The summed E-state index contributed by atoms with van der Waals surface area (Å²) in [6, 6.07) is 13.2. The number of esters is 1. The molecule has 1 aromatic heterocycles. The van der Waals surface area contributed by atoms with Crippen molar-refractivity contribution in [2.45, 2.75) is 6.42 Å². The monoisotopic (exact) mass is 423 g/mol. The van der Waals surface area contributed by atoms with E-state index < -0.39 is 0 Å². The van der Waals surface area contributed by atoms with Crippen molar-refractivity contribution in [3.8, 4) is 11.3 Å². The highest BCUT2D eigenvalue weighted by Crippen LogP contribution is 2.34. The number of thiazole rings is 1. The topological polar surface area (TPSA) is 86.5 Å². The maximum Gasteiger partial charge on any atom is 0.309 e. The summed E-state index contributed by atoms with van der Waals surface area (Å²) in [7, 11) is 1.35.